The maximum Gasteiger partial charge on any atom is 0.0226 e. The van der Waals surface area contributed by atoms with Crippen LogP contribution in [0.15, 0.2) is 0 Å². The molecule has 0 aliphatic carbocycles. The second-order valence-electron chi connectivity index (χ2n) is 4.66. The van der Waals surface area contributed by atoms with Gasteiger partial charge in [-0.05, 0) is 58.1 Å². The van der Waals surface area contributed by atoms with E-state index in [-0.39, 0.29) is 0 Å². The van der Waals surface area contributed by atoms with Gasteiger partial charge < -0.3 is 10.6 Å². The third kappa shape index (κ3) is 8.89. The molecular weight excluding hydrogens is 230 g/mol. The molecule has 0 radical (unpaired) electrons. The lowest BCUT2D eigenvalue weighted by molar-refractivity contribution is 0.196. The van der Waals surface area contributed by atoms with Crippen LogP contribution in [0.2, 0.25) is 0 Å². The average Bonchev–Trinajstić information content (AvgIpc) is 2.31. The summed E-state index contributed by atoms with van der Waals surface area (Å²) in [7, 11) is 4.27. The van der Waals surface area contributed by atoms with Crippen LogP contribution >= 0.6 is 11.8 Å². The highest BCUT2D eigenvalue weighted by Crippen LogP contribution is 2.09. The summed E-state index contributed by atoms with van der Waals surface area (Å²) in [6.07, 6.45) is 2.46. The van der Waals surface area contributed by atoms with Gasteiger partial charge in [0.2, 0.25) is 0 Å². The van der Waals surface area contributed by atoms with Crippen molar-refractivity contribution in [1.29, 1.82) is 0 Å². The van der Waals surface area contributed by atoms with Gasteiger partial charge in [0.05, 0.1) is 0 Å². The number of thioether (sulfide) groups is 1. The maximum atomic E-state index is 5.90. The number of nitrogens with two attached hydrogens (primary N) is 1. The molecule has 2 N–H and O–H groups in total. The summed E-state index contributed by atoms with van der Waals surface area (Å²) in [6, 6.07) is 0.571. The van der Waals surface area contributed by atoms with Crippen molar-refractivity contribution in [2.45, 2.75) is 32.7 Å². The Morgan fingerprint density at radius 1 is 1.18 bits per heavy atom. The minimum absolute atomic E-state index is 0.571. The Morgan fingerprint density at radius 3 is 2.35 bits per heavy atom. The summed E-state index contributed by atoms with van der Waals surface area (Å²) >= 11 is 2.02. The standard InChI is InChI=1S/C13H31N3S/c1-5-16(10-7-9-15(3)4)13(12-14)8-11-17-6-2/h13H,5-12,14H2,1-4H3. The van der Waals surface area contributed by atoms with E-state index in [2.05, 4.69) is 37.7 Å². The van der Waals surface area contributed by atoms with Gasteiger partial charge in [-0.1, -0.05) is 13.8 Å². The molecule has 104 valence electrons. The maximum absolute atomic E-state index is 5.90. The quantitative estimate of drug-likeness (QED) is 0.574. The van der Waals surface area contributed by atoms with E-state index < -0.39 is 0 Å². The van der Waals surface area contributed by atoms with Crippen LogP contribution in [0.25, 0.3) is 0 Å². The number of rotatable bonds is 11. The van der Waals surface area contributed by atoms with Crippen molar-refractivity contribution in [1.82, 2.24) is 9.80 Å². The predicted octanol–water partition coefficient (Wildman–Crippen LogP) is 1.73. The summed E-state index contributed by atoms with van der Waals surface area (Å²) in [6.45, 7) is 8.71. The molecule has 3 nitrogen and oxygen atoms in total. The van der Waals surface area contributed by atoms with Gasteiger partial charge in [-0.2, -0.15) is 11.8 Å². The van der Waals surface area contributed by atoms with Crippen LogP contribution in [-0.2, 0) is 0 Å². The van der Waals surface area contributed by atoms with Gasteiger partial charge in [0.25, 0.3) is 0 Å². The highest BCUT2D eigenvalue weighted by molar-refractivity contribution is 7.99. The van der Waals surface area contributed by atoms with E-state index in [1.54, 1.807) is 0 Å². The fourth-order valence-electron chi connectivity index (χ4n) is 2.00. The fraction of sp³-hybridized carbons (Fsp3) is 1.00. The van der Waals surface area contributed by atoms with Crippen LogP contribution in [0.4, 0.5) is 0 Å². The van der Waals surface area contributed by atoms with Crippen LogP contribution < -0.4 is 5.73 Å². The van der Waals surface area contributed by atoms with Gasteiger partial charge >= 0.3 is 0 Å². The van der Waals surface area contributed by atoms with Gasteiger partial charge in [0, 0.05) is 12.6 Å². The van der Waals surface area contributed by atoms with Crippen molar-refractivity contribution < 1.29 is 0 Å². The van der Waals surface area contributed by atoms with Crippen molar-refractivity contribution in [3.05, 3.63) is 0 Å². The Hall–Kier alpha value is 0.230. The first-order valence-electron chi connectivity index (χ1n) is 6.82. The van der Waals surface area contributed by atoms with Crippen LogP contribution in [-0.4, -0.2) is 67.6 Å². The lowest BCUT2D eigenvalue weighted by atomic mass is 10.2. The number of hydrogen-bond acceptors (Lipinski definition) is 4. The van der Waals surface area contributed by atoms with Crippen molar-refractivity contribution in [3.63, 3.8) is 0 Å². The number of hydrogen-bond donors (Lipinski definition) is 1. The van der Waals surface area contributed by atoms with E-state index in [4.69, 9.17) is 5.73 Å². The van der Waals surface area contributed by atoms with Crippen molar-refractivity contribution in [2.24, 2.45) is 5.73 Å². The number of likely N-dealkylation sites (N-methyl/N-ethyl adjacent to an activating group) is 1. The van der Waals surface area contributed by atoms with Gasteiger partial charge in [-0.25, -0.2) is 0 Å². The predicted molar refractivity (Wildman–Crippen MR) is 80.9 cm³/mol. The Balaban J connectivity index is 3.91. The van der Waals surface area contributed by atoms with E-state index >= 15 is 0 Å². The summed E-state index contributed by atoms with van der Waals surface area (Å²) in [5.74, 6) is 2.45. The van der Waals surface area contributed by atoms with E-state index in [1.807, 2.05) is 11.8 Å². The topological polar surface area (TPSA) is 32.5 Å². The largest absolute Gasteiger partial charge is 0.329 e. The van der Waals surface area contributed by atoms with Gasteiger partial charge in [0.15, 0.2) is 0 Å². The Kier molecular flexibility index (Phi) is 11.5. The van der Waals surface area contributed by atoms with E-state index in [0.717, 1.165) is 19.6 Å². The molecular formula is C13H31N3S. The monoisotopic (exact) mass is 261 g/mol. The molecule has 0 aliphatic heterocycles. The highest BCUT2D eigenvalue weighted by atomic mass is 32.2. The minimum atomic E-state index is 0.571. The second-order valence-corrected chi connectivity index (χ2v) is 6.05. The molecule has 0 amide bonds. The zero-order valence-electron chi connectivity index (χ0n) is 12.1. The van der Waals surface area contributed by atoms with Crippen LogP contribution in [0, 0.1) is 0 Å². The fourth-order valence-corrected chi connectivity index (χ4v) is 2.73. The van der Waals surface area contributed by atoms with Crippen molar-refractivity contribution >= 4 is 11.8 Å². The molecule has 0 spiro atoms. The third-order valence-electron chi connectivity index (χ3n) is 3.04. The molecule has 1 atom stereocenters. The normalized spacial score (nSPS) is 13.6. The van der Waals surface area contributed by atoms with E-state index in [1.165, 1.54) is 30.9 Å². The molecule has 0 heterocycles. The molecule has 0 aromatic carbocycles. The molecule has 0 aliphatic rings. The Labute approximate surface area is 112 Å². The van der Waals surface area contributed by atoms with Gasteiger partial charge in [-0.3, -0.25) is 4.90 Å². The molecule has 0 rings (SSSR count). The number of nitrogens with zero attached hydrogens (tertiary/aromatic N) is 2. The first-order valence-corrected chi connectivity index (χ1v) is 7.97. The molecule has 0 saturated heterocycles. The molecule has 4 heteroatoms. The van der Waals surface area contributed by atoms with Gasteiger partial charge in [-0.15, -0.1) is 0 Å². The minimum Gasteiger partial charge on any atom is -0.329 e. The SMILES string of the molecule is CCSCCC(CN)N(CC)CCCN(C)C. The molecule has 0 saturated carbocycles. The zero-order chi connectivity index (χ0) is 13.1. The Bertz CT molecular complexity index is 165. The lowest BCUT2D eigenvalue weighted by Gasteiger charge is -2.30. The summed E-state index contributed by atoms with van der Waals surface area (Å²) < 4.78 is 0. The zero-order valence-corrected chi connectivity index (χ0v) is 12.9. The molecule has 17 heavy (non-hydrogen) atoms. The molecule has 0 fully saturated rings. The van der Waals surface area contributed by atoms with E-state index in [0.29, 0.717) is 6.04 Å². The van der Waals surface area contributed by atoms with Crippen molar-refractivity contribution in [2.75, 3.05) is 51.8 Å². The smallest absolute Gasteiger partial charge is 0.0226 e. The molecule has 0 aromatic heterocycles. The first-order chi connectivity index (χ1) is 8.15. The second kappa shape index (κ2) is 11.3. The van der Waals surface area contributed by atoms with Crippen LogP contribution in [0.5, 0.6) is 0 Å². The molecule has 0 bridgehead atoms. The van der Waals surface area contributed by atoms with Crippen molar-refractivity contribution in [3.8, 4) is 0 Å². The highest BCUT2D eigenvalue weighted by Gasteiger charge is 2.14. The van der Waals surface area contributed by atoms with Crippen LogP contribution in [0.1, 0.15) is 26.7 Å². The van der Waals surface area contributed by atoms with E-state index in [9.17, 15) is 0 Å². The third-order valence-corrected chi connectivity index (χ3v) is 3.98. The lowest BCUT2D eigenvalue weighted by Crippen LogP contribution is -2.42. The first kappa shape index (κ1) is 17.2. The summed E-state index contributed by atoms with van der Waals surface area (Å²) in [5, 5.41) is 0. The van der Waals surface area contributed by atoms with Gasteiger partial charge in [0.1, 0.15) is 0 Å². The average molecular weight is 261 g/mol. The Morgan fingerprint density at radius 2 is 1.88 bits per heavy atom. The summed E-state index contributed by atoms with van der Waals surface area (Å²) in [5.41, 5.74) is 5.90. The molecule has 1 unspecified atom stereocenters. The molecule has 0 aromatic rings. The van der Waals surface area contributed by atoms with Crippen LogP contribution in [0.3, 0.4) is 0 Å². The summed E-state index contributed by atoms with van der Waals surface area (Å²) in [4.78, 5) is 4.79.